The van der Waals surface area contributed by atoms with Crippen LogP contribution in [-0.4, -0.2) is 62.5 Å². The first-order valence-electron chi connectivity index (χ1n) is 11.7. The van der Waals surface area contributed by atoms with Gasteiger partial charge in [0, 0.05) is 43.0 Å². The first-order chi connectivity index (χ1) is 16.2. The van der Waals surface area contributed by atoms with E-state index in [1.54, 1.807) is 12.4 Å². The standard InChI is InChI=1S/C24H29N7O2/c32-19-8-6-17(7-9-19)28-24-25-15-16-3-1-4-20(22(16)29-24)23(33)27-18-10-13-31(14-11-18)21-5-2-12-26-30-21/h1-5,12,15,17-19,32H,6-11,13-14H2,(H,27,33)(H,25,28,29)/t17-,19-. The second-order valence-corrected chi connectivity index (χ2v) is 8.90. The van der Waals surface area contributed by atoms with Crippen LogP contribution in [0.15, 0.2) is 42.7 Å². The molecule has 3 heterocycles. The fourth-order valence-electron chi connectivity index (χ4n) is 4.69. The lowest BCUT2D eigenvalue weighted by Crippen LogP contribution is -2.45. The third-order valence-corrected chi connectivity index (χ3v) is 6.60. The summed E-state index contributed by atoms with van der Waals surface area (Å²) < 4.78 is 0. The number of carbonyl (C=O) groups excluding carboxylic acids is 1. The Morgan fingerprint density at radius 1 is 1.00 bits per heavy atom. The van der Waals surface area contributed by atoms with Crippen LogP contribution >= 0.6 is 0 Å². The number of aliphatic hydroxyl groups is 1. The van der Waals surface area contributed by atoms with E-state index < -0.39 is 0 Å². The number of carbonyl (C=O) groups is 1. The Morgan fingerprint density at radius 3 is 2.58 bits per heavy atom. The molecule has 3 N–H and O–H groups in total. The van der Waals surface area contributed by atoms with E-state index in [1.165, 1.54) is 0 Å². The summed E-state index contributed by atoms with van der Waals surface area (Å²) in [6.07, 6.45) is 8.27. The topological polar surface area (TPSA) is 116 Å². The molecule has 0 spiro atoms. The number of para-hydroxylation sites is 1. The number of anilines is 2. The highest BCUT2D eigenvalue weighted by Gasteiger charge is 2.24. The Balaban J connectivity index is 1.25. The molecule has 2 aliphatic rings. The zero-order chi connectivity index (χ0) is 22.6. The highest BCUT2D eigenvalue weighted by molar-refractivity contribution is 6.05. The average molecular weight is 448 g/mol. The molecule has 1 saturated heterocycles. The van der Waals surface area contributed by atoms with Gasteiger partial charge in [0.2, 0.25) is 5.95 Å². The van der Waals surface area contributed by atoms with Crippen molar-refractivity contribution in [3.8, 4) is 0 Å². The maximum atomic E-state index is 13.2. The highest BCUT2D eigenvalue weighted by atomic mass is 16.3. The van der Waals surface area contributed by atoms with Crippen molar-refractivity contribution in [3.05, 3.63) is 48.3 Å². The molecule has 172 valence electrons. The molecule has 2 fully saturated rings. The Labute approximate surface area is 192 Å². The number of hydrogen-bond donors (Lipinski definition) is 3. The molecular weight excluding hydrogens is 418 g/mol. The van der Waals surface area contributed by atoms with Crippen LogP contribution in [0, 0.1) is 0 Å². The van der Waals surface area contributed by atoms with E-state index in [-0.39, 0.29) is 24.1 Å². The van der Waals surface area contributed by atoms with Gasteiger partial charge >= 0.3 is 0 Å². The molecule has 3 aromatic rings. The number of rotatable bonds is 5. The monoisotopic (exact) mass is 447 g/mol. The average Bonchev–Trinajstić information content (AvgIpc) is 2.86. The van der Waals surface area contributed by atoms with E-state index in [0.29, 0.717) is 17.0 Å². The number of aromatic nitrogens is 4. The summed E-state index contributed by atoms with van der Waals surface area (Å²) in [5.74, 6) is 1.30. The zero-order valence-corrected chi connectivity index (χ0v) is 18.5. The van der Waals surface area contributed by atoms with Crippen LogP contribution in [0.4, 0.5) is 11.8 Å². The Hall–Kier alpha value is -3.33. The lowest BCUT2D eigenvalue weighted by molar-refractivity contribution is 0.0932. The lowest BCUT2D eigenvalue weighted by Gasteiger charge is -2.32. The van der Waals surface area contributed by atoms with Crippen LogP contribution in [0.2, 0.25) is 0 Å². The number of piperidine rings is 1. The van der Waals surface area contributed by atoms with Crippen LogP contribution in [0.25, 0.3) is 10.9 Å². The fraction of sp³-hybridized carbons (Fsp3) is 0.458. The van der Waals surface area contributed by atoms with E-state index >= 15 is 0 Å². The molecule has 1 saturated carbocycles. The normalized spacial score (nSPS) is 21.7. The minimum absolute atomic E-state index is 0.105. The predicted molar refractivity (Wildman–Crippen MR) is 126 cm³/mol. The number of nitrogens with zero attached hydrogens (tertiary/aromatic N) is 5. The smallest absolute Gasteiger partial charge is 0.253 e. The van der Waals surface area contributed by atoms with E-state index in [2.05, 4.69) is 35.7 Å². The van der Waals surface area contributed by atoms with E-state index in [1.807, 2.05) is 30.3 Å². The van der Waals surface area contributed by atoms with Gasteiger partial charge in [-0.25, -0.2) is 9.97 Å². The van der Waals surface area contributed by atoms with Gasteiger partial charge < -0.3 is 20.6 Å². The summed E-state index contributed by atoms with van der Waals surface area (Å²) in [4.78, 5) is 24.5. The number of amides is 1. The van der Waals surface area contributed by atoms with Crippen molar-refractivity contribution in [2.75, 3.05) is 23.3 Å². The van der Waals surface area contributed by atoms with Crippen LogP contribution in [0.1, 0.15) is 48.9 Å². The van der Waals surface area contributed by atoms with Crippen LogP contribution < -0.4 is 15.5 Å². The molecule has 1 aliphatic carbocycles. The summed E-state index contributed by atoms with van der Waals surface area (Å²) >= 11 is 0. The maximum absolute atomic E-state index is 13.2. The molecule has 0 bridgehead atoms. The largest absolute Gasteiger partial charge is 0.393 e. The Morgan fingerprint density at radius 2 is 1.82 bits per heavy atom. The molecule has 0 atom stereocenters. The summed E-state index contributed by atoms with van der Waals surface area (Å²) in [5.41, 5.74) is 1.22. The van der Waals surface area contributed by atoms with Gasteiger partial charge in [-0.05, 0) is 56.7 Å². The third kappa shape index (κ3) is 5.03. The molecule has 0 radical (unpaired) electrons. The van der Waals surface area contributed by atoms with E-state index in [4.69, 9.17) is 0 Å². The number of nitrogens with one attached hydrogen (secondary N) is 2. The van der Waals surface area contributed by atoms with Gasteiger partial charge in [-0.3, -0.25) is 4.79 Å². The molecule has 1 aliphatic heterocycles. The fourth-order valence-corrected chi connectivity index (χ4v) is 4.69. The molecule has 0 unspecified atom stereocenters. The quantitative estimate of drug-likeness (QED) is 0.546. The van der Waals surface area contributed by atoms with Crippen molar-refractivity contribution in [1.29, 1.82) is 0 Å². The van der Waals surface area contributed by atoms with E-state index in [9.17, 15) is 9.90 Å². The van der Waals surface area contributed by atoms with Crippen LogP contribution in [0.5, 0.6) is 0 Å². The van der Waals surface area contributed by atoms with Crippen molar-refractivity contribution in [3.63, 3.8) is 0 Å². The molecule has 9 nitrogen and oxygen atoms in total. The van der Waals surface area contributed by atoms with Gasteiger partial charge in [0.25, 0.3) is 5.91 Å². The lowest BCUT2D eigenvalue weighted by atomic mass is 9.93. The minimum atomic E-state index is -0.205. The maximum Gasteiger partial charge on any atom is 0.253 e. The second-order valence-electron chi connectivity index (χ2n) is 8.90. The summed E-state index contributed by atoms with van der Waals surface area (Å²) in [6.45, 7) is 1.65. The molecule has 2 aromatic heterocycles. The SMILES string of the molecule is O=C(NC1CCN(c2cccnn2)CC1)c1cccc2cnc(N[C@H]3CC[C@H](O)CC3)nc12. The van der Waals surface area contributed by atoms with Crippen molar-refractivity contribution < 1.29 is 9.90 Å². The van der Waals surface area contributed by atoms with Gasteiger partial charge in [0.05, 0.1) is 17.2 Å². The molecule has 33 heavy (non-hydrogen) atoms. The molecule has 5 rings (SSSR count). The summed E-state index contributed by atoms with van der Waals surface area (Å²) in [6, 6.07) is 9.81. The van der Waals surface area contributed by atoms with Gasteiger partial charge in [-0.2, -0.15) is 5.10 Å². The number of fused-ring (bicyclic) bond motifs is 1. The number of hydrogen-bond acceptors (Lipinski definition) is 8. The first kappa shape index (κ1) is 21.5. The molecule has 9 heteroatoms. The first-order valence-corrected chi connectivity index (χ1v) is 11.7. The van der Waals surface area contributed by atoms with Crippen LogP contribution in [0.3, 0.4) is 0 Å². The van der Waals surface area contributed by atoms with Crippen molar-refractivity contribution in [2.45, 2.75) is 56.7 Å². The Kier molecular flexibility index (Phi) is 6.30. The Bertz CT molecular complexity index is 1090. The van der Waals surface area contributed by atoms with Gasteiger partial charge in [-0.15, -0.1) is 5.10 Å². The van der Waals surface area contributed by atoms with Crippen LogP contribution in [-0.2, 0) is 0 Å². The minimum Gasteiger partial charge on any atom is -0.393 e. The van der Waals surface area contributed by atoms with Gasteiger partial charge in [0.1, 0.15) is 0 Å². The van der Waals surface area contributed by atoms with E-state index in [0.717, 1.165) is 62.8 Å². The molecular formula is C24H29N7O2. The second kappa shape index (κ2) is 9.66. The molecule has 1 amide bonds. The predicted octanol–water partition coefficient (Wildman–Crippen LogP) is 2.53. The van der Waals surface area contributed by atoms with Crippen molar-refractivity contribution in [1.82, 2.24) is 25.5 Å². The highest BCUT2D eigenvalue weighted by Crippen LogP contribution is 2.23. The third-order valence-electron chi connectivity index (χ3n) is 6.60. The zero-order valence-electron chi connectivity index (χ0n) is 18.5. The number of aliphatic hydroxyl groups excluding tert-OH is 1. The summed E-state index contributed by atoms with van der Waals surface area (Å²) in [7, 11) is 0. The number of benzene rings is 1. The van der Waals surface area contributed by atoms with Gasteiger partial charge in [0.15, 0.2) is 5.82 Å². The van der Waals surface area contributed by atoms with Crippen molar-refractivity contribution >= 4 is 28.6 Å². The molecule has 1 aromatic carbocycles. The van der Waals surface area contributed by atoms with Crippen molar-refractivity contribution in [2.24, 2.45) is 0 Å². The summed E-state index contributed by atoms with van der Waals surface area (Å²) in [5, 5.41) is 25.3. The van der Waals surface area contributed by atoms with Gasteiger partial charge in [-0.1, -0.05) is 12.1 Å².